The van der Waals surface area contributed by atoms with E-state index < -0.39 is 42.9 Å². The number of aliphatic hydroxyl groups excluding tert-OH is 1. The van der Waals surface area contributed by atoms with Crippen LogP contribution < -0.4 is 10.1 Å². The lowest BCUT2D eigenvalue weighted by atomic mass is 10.1. The minimum Gasteiger partial charge on any atom is -0.470 e. The monoisotopic (exact) mass is 504 g/mol. The van der Waals surface area contributed by atoms with Gasteiger partial charge in [0.05, 0.1) is 12.1 Å². The summed E-state index contributed by atoms with van der Waals surface area (Å²) in [6, 6.07) is 2.22. The van der Waals surface area contributed by atoms with E-state index in [9.17, 15) is 32.3 Å². The second-order valence-corrected chi connectivity index (χ2v) is 8.17. The molecule has 0 bridgehead atoms. The fourth-order valence-corrected chi connectivity index (χ4v) is 3.49. The molecule has 2 amide bonds. The molecule has 3 heterocycles. The minimum absolute atomic E-state index is 0.0140. The first kappa shape index (κ1) is 25.6. The molecule has 1 aliphatic heterocycles. The number of halogens is 5. The Balaban J connectivity index is 1.76. The summed E-state index contributed by atoms with van der Waals surface area (Å²) in [7, 11) is 0. The van der Waals surface area contributed by atoms with Crippen molar-refractivity contribution in [3.63, 3.8) is 0 Å². The van der Waals surface area contributed by atoms with Gasteiger partial charge in [0.1, 0.15) is 10.7 Å². The third kappa shape index (κ3) is 5.39. The van der Waals surface area contributed by atoms with Crippen LogP contribution >= 0.6 is 11.6 Å². The van der Waals surface area contributed by atoms with Crippen molar-refractivity contribution in [3.05, 3.63) is 51.9 Å². The van der Waals surface area contributed by atoms with Crippen molar-refractivity contribution in [2.24, 2.45) is 0 Å². The number of hydrogen-bond donors (Lipinski definition) is 2. The van der Waals surface area contributed by atoms with Gasteiger partial charge in [-0.15, -0.1) is 0 Å². The zero-order chi connectivity index (χ0) is 25.2. The Kier molecular flexibility index (Phi) is 7.61. The summed E-state index contributed by atoms with van der Waals surface area (Å²) >= 11 is 6.03. The highest BCUT2D eigenvalue weighted by Gasteiger charge is 2.42. The molecular weight excluding hydrogens is 484 g/mol. The number of carbonyl (C=O) groups excluding carboxylic acids is 2. The van der Waals surface area contributed by atoms with Crippen molar-refractivity contribution in [3.8, 4) is 5.88 Å². The van der Waals surface area contributed by atoms with Crippen LogP contribution in [0.4, 0.5) is 17.6 Å². The lowest BCUT2D eigenvalue weighted by Gasteiger charge is -2.25. The van der Waals surface area contributed by atoms with E-state index in [0.717, 1.165) is 0 Å². The second kappa shape index (κ2) is 10.1. The predicted octanol–water partition coefficient (Wildman–Crippen LogP) is 3.24. The number of amides is 2. The molecule has 0 saturated carbocycles. The van der Waals surface area contributed by atoms with E-state index in [0.29, 0.717) is 11.1 Å². The smallest absolute Gasteiger partial charge is 0.340 e. The van der Waals surface area contributed by atoms with Gasteiger partial charge in [0.25, 0.3) is 11.8 Å². The van der Waals surface area contributed by atoms with E-state index in [1.807, 2.05) is 0 Å². The fraction of sp³-hybridized carbons (Fsp3) is 0.429. The van der Waals surface area contributed by atoms with Crippen LogP contribution in [0.15, 0.2) is 24.5 Å². The van der Waals surface area contributed by atoms with Crippen LogP contribution in [0.2, 0.25) is 5.02 Å². The SMILES string of the molecule is CC(O)CNC(=O)c1nccc2c1CN(C(C)c1cnc(OCC(F)(F)C(F)F)c(Cl)c1)C2=O. The molecule has 0 aromatic carbocycles. The molecule has 2 N–H and O–H groups in total. The van der Waals surface area contributed by atoms with E-state index in [-0.39, 0.29) is 35.3 Å². The normalized spacial score (nSPS) is 15.3. The average Bonchev–Trinajstić information content (AvgIpc) is 3.12. The molecule has 0 saturated heterocycles. The molecule has 0 fully saturated rings. The van der Waals surface area contributed by atoms with Gasteiger partial charge in [-0.25, -0.2) is 13.8 Å². The molecule has 1 aliphatic rings. The molecule has 184 valence electrons. The van der Waals surface area contributed by atoms with Crippen LogP contribution in [-0.4, -0.2) is 63.4 Å². The highest BCUT2D eigenvalue weighted by atomic mass is 35.5. The third-order valence-corrected chi connectivity index (χ3v) is 5.42. The summed E-state index contributed by atoms with van der Waals surface area (Å²) < 4.78 is 55.4. The number of aliphatic hydroxyl groups is 1. The van der Waals surface area contributed by atoms with Gasteiger partial charge in [-0.05, 0) is 31.5 Å². The van der Waals surface area contributed by atoms with Gasteiger partial charge in [0.2, 0.25) is 5.88 Å². The molecule has 2 atom stereocenters. The van der Waals surface area contributed by atoms with Crippen molar-refractivity contribution in [2.45, 2.75) is 44.9 Å². The van der Waals surface area contributed by atoms with Crippen LogP contribution in [0.3, 0.4) is 0 Å². The summed E-state index contributed by atoms with van der Waals surface area (Å²) in [5.74, 6) is -5.72. The van der Waals surface area contributed by atoms with E-state index >= 15 is 0 Å². The van der Waals surface area contributed by atoms with E-state index in [1.54, 1.807) is 6.92 Å². The lowest BCUT2D eigenvalue weighted by molar-refractivity contribution is -0.148. The number of ether oxygens (including phenoxy) is 1. The maximum atomic E-state index is 13.1. The van der Waals surface area contributed by atoms with Crippen molar-refractivity contribution >= 4 is 23.4 Å². The van der Waals surface area contributed by atoms with Gasteiger partial charge in [0, 0.05) is 36.6 Å². The molecule has 13 heteroatoms. The summed E-state index contributed by atoms with van der Waals surface area (Å²) in [6.45, 7) is 1.65. The van der Waals surface area contributed by atoms with Gasteiger partial charge in [-0.2, -0.15) is 8.78 Å². The Hall–Kier alpha value is -2.99. The first-order chi connectivity index (χ1) is 15.9. The van der Waals surface area contributed by atoms with Crippen LogP contribution in [-0.2, 0) is 6.54 Å². The van der Waals surface area contributed by atoms with Gasteiger partial charge in [-0.1, -0.05) is 11.6 Å². The number of nitrogens with one attached hydrogen (secondary N) is 1. The number of rotatable bonds is 9. The van der Waals surface area contributed by atoms with Crippen LogP contribution in [0.1, 0.15) is 51.9 Å². The van der Waals surface area contributed by atoms with Crippen molar-refractivity contribution in [1.29, 1.82) is 0 Å². The second-order valence-electron chi connectivity index (χ2n) is 7.76. The molecule has 0 radical (unpaired) electrons. The number of pyridine rings is 2. The van der Waals surface area contributed by atoms with Gasteiger partial charge >= 0.3 is 12.3 Å². The number of hydrogen-bond acceptors (Lipinski definition) is 6. The molecule has 3 rings (SSSR count). The summed E-state index contributed by atoms with van der Waals surface area (Å²) in [6.07, 6.45) is -2.09. The molecule has 0 spiro atoms. The third-order valence-electron chi connectivity index (χ3n) is 5.15. The van der Waals surface area contributed by atoms with Gasteiger partial charge in [0.15, 0.2) is 6.61 Å². The topological polar surface area (TPSA) is 105 Å². The molecule has 2 aromatic heterocycles. The molecule has 8 nitrogen and oxygen atoms in total. The Labute approximate surface area is 196 Å². The lowest BCUT2D eigenvalue weighted by Crippen LogP contribution is -2.34. The number of aromatic nitrogens is 2. The van der Waals surface area contributed by atoms with E-state index in [4.69, 9.17) is 11.6 Å². The van der Waals surface area contributed by atoms with Crippen LogP contribution in [0, 0.1) is 0 Å². The van der Waals surface area contributed by atoms with Gasteiger partial charge in [-0.3, -0.25) is 14.6 Å². The van der Waals surface area contributed by atoms with E-state index in [2.05, 4.69) is 20.0 Å². The maximum Gasteiger partial charge on any atom is 0.340 e. The highest BCUT2D eigenvalue weighted by Crippen LogP contribution is 2.34. The molecule has 2 aromatic rings. The first-order valence-electron chi connectivity index (χ1n) is 10.1. The van der Waals surface area contributed by atoms with Crippen molar-refractivity contribution < 1.29 is 37.0 Å². The number of nitrogens with zero attached hydrogens (tertiary/aromatic N) is 3. The van der Waals surface area contributed by atoms with Crippen LogP contribution in [0.25, 0.3) is 0 Å². The number of alkyl halides is 4. The summed E-state index contributed by atoms with van der Waals surface area (Å²) in [4.78, 5) is 34.8. The number of fused-ring (bicyclic) bond motifs is 1. The zero-order valence-corrected chi connectivity index (χ0v) is 18.8. The minimum atomic E-state index is -4.36. The Morgan fingerprint density at radius 2 is 2.06 bits per heavy atom. The standard InChI is InChI=1S/C21H21ClF4N4O4/c1-10(31)6-28-17(32)16-14-8-30(19(33)13(14)3-4-27-16)11(2)12-5-15(22)18(29-7-12)34-9-21(25,26)20(23)24/h3-5,7,10-11,20,31H,6,8-9H2,1-2H3,(H,28,32). The molecule has 2 unspecified atom stereocenters. The molecule has 34 heavy (non-hydrogen) atoms. The number of carbonyl (C=O) groups is 2. The van der Waals surface area contributed by atoms with Crippen LogP contribution in [0.5, 0.6) is 5.88 Å². The van der Waals surface area contributed by atoms with Crippen molar-refractivity contribution in [2.75, 3.05) is 13.2 Å². The largest absolute Gasteiger partial charge is 0.470 e. The Morgan fingerprint density at radius 3 is 2.68 bits per heavy atom. The first-order valence-corrected chi connectivity index (χ1v) is 10.5. The van der Waals surface area contributed by atoms with E-state index in [1.165, 1.54) is 36.4 Å². The maximum absolute atomic E-state index is 13.1. The average molecular weight is 505 g/mol. The summed E-state index contributed by atoms with van der Waals surface area (Å²) in [5.41, 5.74) is 1.18. The Bertz CT molecular complexity index is 1090. The molecule has 0 aliphatic carbocycles. The molecular formula is C21H21ClF4N4O4. The Morgan fingerprint density at radius 1 is 1.35 bits per heavy atom. The highest BCUT2D eigenvalue weighted by molar-refractivity contribution is 6.31. The predicted molar refractivity (Wildman–Crippen MR) is 112 cm³/mol. The quantitative estimate of drug-likeness (QED) is 0.508. The van der Waals surface area contributed by atoms with Crippen molar-refractivity contribution in [1.82, 2.24) is 20.2 Å². The zero-order valence-electron chi connectivity index (χ0n) is 18.1. The van der Waals surface area contributed by atoms with Gasteiger partial charge < -0.3 is 20.1 Å². The summed E-state index contributed by atoms with van der Waals surface area (Å²) in [5, 5.41) is 11.7. The fourth-order valence-electron chi connectivity index (χ4n) is 3.26.